The standard InChI is InChI=1S/C29H29FN4O5S/c1-19-10-13-25(30)24(15-19)29(37)33-23-8-6-7-20(16-23)11-12-21-17-22(18-32-27(21)31)28(36)34-40(3,38)14-5-4-9-26(35)39-2/h6-8,10,13-18H,4-5,9H2,1-3H3,(H2,31,32)(H,33,37)(H,34,36,38). The van der Waals surface area contributed by atoms with Crippen LogP contribution in [0.3, 0.4) is 0 Å². The first-order chi connectivity index (χ1) is 19.0. The summed E-state index contributed by atoms with van der Waals surface area (Å²) in [6.07, 6.45) is 3.60. The molecule has 40 heavy (non-hydrogen) atoms. The van der Waals surface area contributed by atoms with E-state index >= 15 is 0 Å². The average Bonchev–Trinajstić information content (AvgIpc) is 2.91. The number of benzene rings is 2. The van der Waals surface area contributed by atoms with Crippen molar-refractivity contribution in [3.05, 3.63) is 88.4 Å². The van der Waals surface area contributed by atoms with Crippen molar-refractivity contribution in [3.8, 4) is 11.8 Å². The molecule has 1 aromatic heterocycles. The largest absolute Gasteiger partial charge is 0.469 e. The molecule has 3 rings (SSSR count). The van der Waals surface area contributed by atoms with Crippen molar-refractivity contribution < 1.29 is 27.7 Å². The van der Waals surface area contributed by atoms with Crippen LogP contribution in [-0.4, -0.2) is 45.7 Å². The molecule has 208 valence electrons. The quantitative estimate of drug-likeness (QED) is 0.165. The highest BCUT2D eigenvalue weighted by molar-refractivity contribution is 7.99. The van der Waals surface area contributed by atoms with E-state index in [4.69, 9.17) is 5.73 Å². The second kappa shape index (κ2) is 13.4. The first-order valence-electron chi connectivity index (χ1n) is 12.1. The van der Waals surface area contributed by atoms with E-state index in [1.807, 2.05) is 0 Å². The Labute approximate surface area is 232 Å². The zero-order valence-electron chi connectivity index (χ0n) is 22.2. The monoisotopic (exact) mass is 564 g/mol. The summed E-state index contributed by atoms with van der Waals surface area (Å²) < 4.78 is 33.9. The lowest BCUT2D eigenvalue weighted by atomic mass is 10.1. The Morgan fingerprint density at radius 1 is 1.12 bits per heavy atom. The number of hydrogen-bond acceptors (Lipinski definition) is 7. The first-order valence-corrected chi connectivity index (χ1v) is 14.2. The number of nitrogens with one attached hydrogen (secondary N) is 2. The van der Waals surface area contributed by atoms with E-state index < -0.39 is 27.3 Å². The van der Waals surface area contributed by atoms with Gasteiger partial charge in [-0.15, -0.1) is 0 Å². The second-order valence-electron chi connectivity index (χ2n) is 8.90. The van der Waals surface area contributed by atoms with Gasteiger partial charge < -0.3 is 15.8 Å². The molecule has 0 saturated carbocycles. The van der Waals surface area contributed by atoms with Gasteiger partial charge in [0.15, 0.2) is 0 Å². The van der Waals surface area contributed by atoms with Gasteiger partial charge in [-0.1, -0.05) is 29.5 Å². The number of carbonyl (C=O) groups is 3. The van der Waals surface area contributed by atoms with Crippen molar-refractivity contribution in [3.63, 3.8) is 0 Å². The number of nitrogens with two attached hydrogens (primary N) is 1. The number of hydrogen-bond donors (Lipinski definition) is 3. The molecule has 4 N–H and O–H groups in total. The number of anilines is 2. The number of pyridine rings is 1. The zero-order valence-corrected chi connectivity index (χ0v) is 23.1. The minimum Gasteiger partial charge on any atom is -0.469 e. The van der Waals surface area contributed by atoms with Gasteiger partial charge in [0, 0.05) is 39.8 Å². The minimum absolute atomic E-state index is 0.0692. The Morgan fingerprint density at radius 3 is 2.65 bits per heavy atom. The predicted octanol–water partition coefficient (Wildman–Crippen LogP) is 3.47. The number of rotatable bonds is 8. The van der Waals surface area contributed by atoms with Crippen LogP contribution < -0.4 is 15.8 Å². The van der Waals surface area contributed by atoms with Crippen LogP contribution in [0.4, 0.5) is 15.9 Å². The molecule has 0 radical (unpaired) electrons. The lowest BCUT2D eigenvalue weighted by Crippen LogP contribution is -2.31. The maximum atomic E-state index is 14.1. The van der Waals surface area contributed by atoms with Crippen molar-refractivity contribution in [2.45, 2.75) is 26.2 Å². The first kappa shape index (κ1) is 29.9. The van der Waals surface area contributed by atoms with E-state index in [0.29, 0.717) is 24.1 Å². The Morgan fingerprint density at radius 2 is 1.90 bits per heavy atom. The molecule has 1 atom stereocenters. The van der Waals surface area contributed by atoms with Crippen LogP contribution in [-0.2, 0) is 19.2 Å². The molecule has 1 heterocycles. The highest BCUT2D eigenvalue weighted by Gasteiger charge is 2.13. The summed E-state index contributed by atoms with van der Waals surface area (Å²) >= 11 is 0. The molecule has 0 fully saturated rings. The summed E-state index contributed by atoms with van der Waals surface area (Å²) in [6, 6.07) is 12.4. The van der Waals surface area contributed by atoms with Crippen LogP contribution >= 0.6 is 0 Å². The molecule has 2 aromatic carbocycles. The summed E-state index contributed by atoms with van der Waals surface area (Å²) in [6.45, 7) is 1.76. The van der Waals surface area contributed by atoms with Gasteiger partial charge in [-0.3, -0.25) is 19.1 Å². The number of aryl methyl sites for hydroxylation is 1. The Kier molecular flexibility index (Phi) is 10.00. The molecule has 0 bridgehead atoms. The van der Waals surface area contributed by atoms with Crippen LogP contribution in [0, 0.1) is 24.6 Å². The predicted molar refractivity (Wildman–Crippen MR) is 154 cm³/mol. The number of halogens is 1. The Balaban J connectivity index is 1.73. The number of amides is 2. The smallest absolute Gasteiger partial charge is 0.305 e. The van der Waals surface area contributed by atoms with Crippen molar-refractivity contribution in [2.24, 2.45) is 0 Å². The Bertz CT molecular complexity index is 1630. The molecule has 0 aliphatic rings. The van der Waals surface area contributed by atoms with Crippen LogP contribution in [0.5, 0.6) is 0 Å². The number of methoxy groups -OCH3 is 1. The summed E-state index contributed by atoms with van der Waals surface area (Å²) in [7, 11) is -1.54. The SMILES string of the molecule is COC(=O)CCCC=S(C)(=O)NC(=O)c1cnc(N)c(C#Cc2cccc(NC(=O)c3cc(C)ccc3F)c2)c1. The maximum absolute atomic E-state index is 14.1. The summed E-state index contributed by atoms with van der Waals surface area (Å²) in [4.78, 5) is 40.5. The van der Waals surface area contributed by atoms with E-state index in [9.17, 15) is 23.0 Å². The van der Waals surface area contributed by atoms with Crippen LogP contribution in [0.25, 0.3) is 0 Å². The van der Waals surface area contributed by atoms with Gasteiger partial charge in [-0.2, -0.15) is 0 Å². The van der Waals surface area contributed by atoms with Crippen LogP contribution in [0.15, 0.2) is 54.7 Å². The van der Waals surface area contributed by atoms with Gasteiger partial charge in [0.1, 0.15) is 11.6 Å². The number of nitrogen functional groups attached to an aromatic ring is 1. The number of esters is 1. The number of nitrogens with zero attached hydrogens (tertiary/aromatic N) is 1. The molecule has 0 saturated heterocycles. The van der Waals surface area contributed by atoms with Gasteiger partial charge in [0.2, 0.25) is 0 Å². The van der Waals surface area contributed by atoms with Gasteiger partial charge >= 0.3 is 5.97 Å². The third kappa shape index (κ3) is 8.68. The van der Waals surface area contributed by atoms with E-state index in [2.05, 4.69) is 31.6 Å². The van der Waals surface area contributed by atoms with Gasteiger partial charge in [0.05, 0.1) is 23.8 Å². The van der Waals surface area contributed by atoms with Gasteiger partial charge in [-0.05, 0) is 61.5 Å². The van der Waals surface area contributed by atoms with Gasteiger partial charge in [-0.25, -0.2) is 13.6 Å². The molecule has 0 aliphatic heterocycles. The number of aromatic nitrogens is 1. The van der Waals surface area contributed by atoms with E-state index in [1.165, 1.54) is 43.1 Å². The normalized spacial score (nSPS) is 11.8. The lowest BCUT2D eigenvalue weighted by molar-refractivity contribution is -0.140. The van der Waals surface area contributed by atoms with Crippen molar-refractivity contribution in [1.29, 1.82) is 0 Å². The molecule has 3 aromatic rings. The molecule has 11 heteroatoms. The molecule has 1 unspecified atom stereocenters. The topological polar surface area (TPSA) is 140 Å². The molecule has 0 aliphatic carbocycles. The van der Waals surface area contributed by atoms with E-state index in [0.717, 1.165) is 5.56 Å². The fraction of sp³-hybridized carbons (Fsp3) is 0.207. The van der Waals surface area contributed by atoms with Crippen molar-refractivity contribution >= 4 is 44.4 Å². The summed E-state index contributed by atoms with van der Waals surface area (Å²) in [5.74, 6) is 3.66. The van der Waals surface area contributed by atoms with E-state index in [1.54, 1.807) is 37.3 Å². The van der Waals surface area contributed by atoms with Crippen LogP contribution in [0.2, 0.25) is 0 Å². The maximum Gasteiger partial charge on any atom is 0.305 e. The fourth-order valence-corrected chi connectivity index (χ4v) is 4.65. The molecular weight excluding hydrogens is 535 g/mol. The third-order valence-corrected chi connectivity index (χ3v) is 7.02. The molecule has 2 amide bonds. The number of ether oxygens (including phenoxy) is 1. The lowest BCUT2D eigenvalue weighted by Gasteiger charge is -2.09. The zero-order chi connectivity index (χ0) is 29.3. The van der Waals surface area contributed by atoms with Crippen molar-refractivity contribution in [2.75, 3.05) is 24.4 Å². The van der Waals surface area contributed by atoms with Crippen molar-refractivity contribution in [1.82, 2.24) is 9.71 Å². The fourth-order valence-electron chi connectivity index (χ4n) is 3.47. The summed E-state index contributed by atoms with van der Waals surface area (Å²) in [5, 5.41) is 4.12. The molecular formula is C29H29FN4O5S. The summed E-state index contributed by atoms with van der Waals surface area (Å²) in [5.41, 5.74) is 7.95. The molecule has 0 spiro atoms. The molecule has 9 nitrogen and oxygen atoms in total. The Hall–Kier alpha value is -4.69. The minimum atomic E-state index is -2.83. The van der Waals surface area contributed by atoms with Gasteiger partial charge in [0.25, 0.3) is 11.8 Å². The third-order valence-electron chi connectivity index (χ3n) is 5.55. The van der Waals surface area contributed by atoms with Crippen LogP contribution in [0.1, 0.15) is 56.7 Å². The number of carbonyl (C=O) groups excluding carboxylic acids is 3. The second-order valence-corrected chi connectivity index (χ2v) is 11.2. The number of unbranched alkanes of at least 4 members (excludes halogenated alkanes) is 1. The highest BCUT2D eigenvalue weighted by Crippen LogP contribution is 2.16. The van der Waals surface area contributed by atoms with E-state index in [-0.39, 0.29) is 34.9 Å². The average molecular weight is 565 g/mol. The highest BCUT2D eigenvalue weighted by atomic mass is 32.2.